The molecule has 0 saturated heterocycles. The van der Waals surface area contributed by atoms with Gasteiger partial charge in [0.05, 0.1) is 17.6 Å². The van der Waals surface area contributed by atoms with Crippen LogP contribution in [0.3, 0.4) is 0 Å². The first kappa shape index (κ1) is 15.5. The highest BCUT2D eigenvalue weighted by Gasteiger charge is 2.01. The van der Waals surface area contributed by atoms with Crippen molar-refractivity contribution in [2.75, 3.05) is 19.8 Å². The molecule has 0 aliphatic heterocycles. The summed E-state index contributed by atoms with van der Waals surface area (Å²) in [6.45, 7) is 2.03. The molecule has 0 bridgehead atoms. The van der Waals surface area contributed by atoms with Gasteiger partial charge in [-0.1, -0.05) is 24.3 Å². The van der Waals surface area contributed by atoms with Crippen LogP contribution in [-0.4, -0.2) is 34.8 Å². The monoisotopic (exact) mass is 311 g/mol. The average molecular weight is 311 g/mol. The summed E-state index contributed by atoms with van der Waals surface area (Å²) in [6.07, 6.45) is 0.867. The van der Waals surface area contributed by atoms with Crippen LogP contribution in [0, 0.1) is 0 Å². The van der Waals surface area contributed by atoms with E-state index in [1.807, 2.05) is 48.5 Å². The van der Waals surface area contributed by atoms with Gasteiger partial charge in [-0.15, -0.1) is 0 Å². The van der Waals surface area contributed by atoms with Gasteiger partial charge in [0, 0.05) is 19.5 Å². The van der Waals surface area contributed by atoms with Crippen molar-refractivity contribution in [3.05, 3.63) is 59.9 Å². The summed E-state index contributed by atoms with van der Waals surface area (Å²) < 4.78 is 5.34. The highest BCUT2D eigenvalue weighted by molar-refractivity contribution is 5.74. The van der Waals surface area contributed by atoms with E-state index in [1.54, 1.807) is 0 Å². The molecule has 2 aromatic carbocycles. The number of hydrogen-bond acceptors (Lipinski definition) is 4. The van der Waals surface area contributed by atoms with E-state index < -0.39 is 0 Å². The van der Waals surface area contributed by atoms with Gasteiger partial charge in [-0.2, -0.15) is 0 Å². The molecular formula is C18H21N3O2. The first-order valence-corrected chi connectivity index (χ1v) is 7.82. The van der Waals surface area contributed by atoms with Gasteiger partial charge in [0.2, 0.25) is 0 Å². The van der Waals surface area contributed by atoms with E-state index in [9.17, 15) is 0 Å². The number of benzene rings is 2. The van der Waals surface area contributed by atoms with Crippen molar-refractivity contribution >= 4 is 11.0 Å². The van der Waals surface area contributed by atoms with E-state index in [4.69, 9.17) is 9.84 Å². The van der Waals surface area contributed by atoms with Crippen LogP contribution in [0.2, 0.25) is 0 Å². The predicted octanol–water partition coefficient (Wildman–Crippen LogP) is 2.27. The number of nitrogens with zero attached hydrogens (tertiary/aromatic N) is 1. The van der Waals surface area contributed by atoms with Gasteiger partial charge in [-0.05, 0) is 29.8 Å². The molecule has 0 unspecified atom stereocenters. The van der Waals surface area contributed by atoms with E-state index in [0.717, 1.165) is 42.1 Å². The van der Waals surface area contributed by atoms with Crippen LogP contribution >= 0.6 is 0 Å². The van der Waals surface area contributed by atoms with Crippen LogP contribution in [0.4, 0.5) is 0 Å². The quantitative estimate of drug-likeness (QED) is 0.558. The Labute approximate surface area is 135 Å². The SMILES string of the molecule is OCCOc1ccc(CNCCc2nc3ccccc3[nH]2)cc1. The molecule has 0 atom stereocenters. The Hall–Kier alpha value is -2.37. The van der Waals surface area contributed by atoms with Crippen LogP contribution in [0.1, 0.15) is 11.4 Å². The highest BCUT2D eigenvalue weighted by atomic mass is 16.5. The summed E-state index contributed by atoms with van der Waals surface area (Å²) in [4.78, 5) is 7.90. The molecule has 1 heterocycles. The van der Waals surface area contributed by atoms with Crippen LogP contribution in [0.25, 0.3) is 11.0 Å². The number of aliphatic hydroxyl groups is 1. The van der Waals surface area contributed by atoms with Gasteiger partial charge in [0.1, 0.15) is 18.2 Å². The van der Waals surface area contributed by atoms with Crippen molar-refractivity contribution < 1.29 is 9.84 Å². The minimum absolute atomic E-state index is 0.0328. The fraction of sp³-hybridized carbons (Fsp3) is 0.278. The summed E-state index contributed by atoms with van der Waals surface area (Å²) in [5, 5.41) is 12.1. The molecule has 0 amide bonds. The van der Waals surface area contributed by atoms with Crippen LogP contribution in [-0.2, 0) is 13.0 Å². The number of aromatic nitrogens is 2. The molecule has 0 aliphatic rings. The summed E-state index contributed by atoms with van der Waals surface area (Å²) >= 11 is 0. The maximum atomic E-state index is 8.72. The maximum absolute atomic E-state index is 8.72. The van der Waals surface area contributed by atoms with Gasteiger partial charge in [0.25, 0.3) is 0 Å². The van der Waals surface area contributed by atoms with Crippen molar-refractivity contribution in [1.29, 1.82) is 0 Å². The number of nitrogens with one attached hydrogen (secondary N) is 2. The number of aromatic amines is 1. The Balaban J connectivity index is 1.44. The van der Waals surface area contributed by atoms with Crippen molar-refractivity contribution in [1.82, 2.24) is 15.3 Å². The Morgan fingerprint density at radius 2 is 1.91 bits per heavy atom. The molecule has 5 heteroatoms. The molecule has 3 rings (SSSR count). The first-order valence-electron chi connectivity index (χ1n) is 7.82. The van der Waals surface area contributed by atoms with E-state index in [0.29, 0.717) is 6.61 Å². The summed E-state index contributed by atoms with van der Waals surface area (Å²) in [6, 6.07) is 16.0. The third kappa shape index (κ3) is 4.31. The lowest BCUT2D eigenvalue weighted by Gasteiger charge is -2.06. The second-order valence-corrected chi connectivity index (χ2v) is 5.34. The standard InChI is InChI=1S/C18H21N3O2/c22-11-12-23-15-7-5-14(6-8-15)13-19-10-9-18-20-16-3-1-2-4-17(16)21-18/h1-8,19,22H,9-13H2,(H,20,21). The lowest BCUT2D eigenvalue weighted by molar-refractivity contribution is 0.201. The zero-order valence-electron chi connectivity index (χ0n) is 13.0. The number of fused-ring (bicyclic) bond motifs is 1. The highest BCUT2D eigenvalue weighted by Crippen LogP contribution is 2.12. The molecule has 3 aromatic rings. The van der Waals surface area contributed by atoms with E-state index in [1.165, 1.54) is 5.56 Å². The van der Waals surface area contributed by atoms with Gasteiger partial charge >= 0.3 is 0 Å². The fourth-order valence-electron chi connectivity index (χ4n) is 2.43. The van der Waals surface area contributed by atoms with Crippen molar-refractivity contribution in [2.24, 2.45) is 0 Å². The Kier molecular flexibility index (Phi) is 5.24. The number of ether oxygens (including phenoxy) is 1. The molecule has 5 nitrogen and oxygen atoms in total. The second-order valence-electron chi connectivity index (χ2n) is 5.34. The molecule has 3 N–H and O–H groups in total. The molecule has 1 aromatic heterocycles. The first-order chi connectivity index (χ1) is 11.3. The van der Waals surface area contributed by atoms with Gasteiger partial charge in [-0.25, -0.2) is 4.98 Å². The Morgan fingerprint density at radius 3 is 2.70 bits per heavy atom. The Morgan fingerprint density at radius 1 is 1.09 bits per heavy atom. The third-order valence-corrected chi connectivity index (χ3v) is 3.59. The topological polar surface area (TPSA) is 70.2 Å². The normalized spacial score (nSPS) is 11.0. The number of aliphatic hydroxyl groups excluding tert-OH is 1. The van der Waals surface area contributed by atoms with E-state index >= 15 is 0 Å². The summed E-state index contributed by atoms with van der Waals surface area (Å²) in [5.74, 6) is 1.79. The van der Waals surface area contributed by atoms with E-state index in [-0.39, 0.29) is 6.61 Å². The van der Waals surface area contributed by atoms with Crippen LogP contribution < -0.4 is 10.1 Å². The van der Waals surface area contributed by atoms with Gasteiger partial charge in [0.15, 0.2) is 0 Å². The molecule has 23 heavy (non-hydrogen) atoms. The van der Waals surface area contributed by atoms with Crippen molar-refractivity contribution in [2.45, 2.75) is 13.0 Å². The molecule has 120 valence electrons. The minimum atomic E-state index is 0.0328. The zero-order chi connectivity index (χ0) is 15.9. The number of imidazole rings is 1. The molecule has 0 aliphatic carbocycles. The zero-order valence-corrected chi connectivity index (χ0v) is 13.0. The fourth-order valence-corrected chi connectivity index (χ4v) is 2.43. The van der Waals surface area contributed by atoms with Gasteiger partial charge < -0.3 is 20.1 Å². The minimum Gasteiger partial charge on any atom is -0.491 e. The summed E-state index contributed by atoms with van der Waals surface area (Å²) in [5.41, 5.74) is 3.30. The molecule has 0 saturated carbocycles. The second kappa shape index (κ2) is 7.76. The predicted molar refractivity (Wildman–Crippen MR) is 90.5 cm³/mol. The third-order valence-electron chi connectivity index (χ3n) is 3.59. The lowest BCUT2D eigenvalue weighted by Crippen LogP contribution is -2.17. The average Bonchev–Trinajstić information content (AvgIpc) is 3.01. The lowest BCUT2D eigenvalue weighted by atomic mass is 10.2. The molecular weight excluding hydrogens is 290 g/mol. The number of hydrogen-bond donors (Lipinski definition) is 3. The summed E-state index contributed by atoms with van der Waals surface area (Å²) in [7, 11) is 0. The van der Waals surface area contributed by atoms with Crippen LogP contribution in [0.5, 0.6) is 5.75 Å². The Bertz CT molecular complexity index is 704. The number of H-pyrrole nitrogens is 1. The maximum Gasteiger partial charge on any atom is 0.119 e. The molecule has 0 radical (unpaired) electrons. The van der Waals surface area contributed by atoms with Crippen LogP contribution in [0.15, 0.2) is 48.5 Å². The smallest absolute Gasteiger partial charge is 0.119 e. The largest absolute Gasteiger partial charge is 0.491 e. The molecule has 0 fully saturated rings. The molecule has 0 spiro atoms. The van der Waals surface area contributed by atoms with Gasteiger partial charge in [-0.3, -0.25) is 0 Å². The number of rotatable bonds is 8. The van der Waals surface area contributed by atoms with Crippen molar-refractivity contribution in [3.8, 4) is 5.75 Å². The van der Waals surface area contributed by atoms with E-state index in [2.05, 4.69) is 15.3 Å². The van der Waals surface area contributed by atoms with Crippen molar-refractivity contribution in [3.63, 3.8) is 0 Å². The number of para-hydroxylation sites is 2.